The lowest BCUT2D eigenvalue weighted by Crippen LogP contribution is -2.42. The quantitative estimate of drug-likeness (QED) is 0.440. The molecule has 0 aromatic heterocycles. The Hall–Kier alpha value is -0.233. The van der Waals surface area contributed by atoms with Gasteiger partial charge in [-0.15, -0.1) is 0 Å². The van der Waals surface area contributed by atoms with Crippen LogP contribution < -0.4 is 0 Å². The molecule has 0 radical (unpaired) electrons. The van der Waals surface area contributed by atoms with Gasteiger partial charge in [0.25, 0.3) is 0 Å². The molecule has 0 fully saturated rings. The molecule has 4 nitrogen and oxygen atoms in total. The van der Waals surface area contributed by atoms with E-state index < -0.39 is 8.80 Å². The van der Waals surface area contributed by atoms with Crippen LogP contribution in [-0.2, 0) is 18.1 Å². The molecule has 0 amide bonds. The Morgan fingerprint density at radius 3 is 2.00 bits per heavy atom. The minimum atomic E-state index is -2.39. The summed E-state index contributed by atoms with van der Waals surface area (Å²) in [6.45, 7) is 1.90. The number of carbonyl (C=O) groups is 1. The van der Waals surface area contributed by atoms with E-state index in [1.54, 1.807) is 21.3 Å². The molecule has 0 bridgehead atoms. The topological polar surface area (TPSA) is 44.8 Å². The van der Waals surface area contributed by atoms with Gasteiger partial charge in [0.2, 0.25) is 0 Å². The Balaban J connectivity index is 3.67. The van der Waals surface area contributed by atoms with E-state index in [1.165, 1.54) is 0 Å². The number of hydrogen-bond donors (Lipinski definition) is 0. The number of unbranched alkanes of at least 4 members (excludes halogenated alkanes) is 2. The van der Waals surface area contributed by atoms with Crippen LogP contribution in [0.15, 0.2) is 0 Å². The van der Waals surface area contributed by atoms with Crippen molar-refractivity contribution in [1.29, 1.82) is 0 Å². The molecule has 16 heavy (non-hydrogen) atoms. The summed E-state index contributed by atoms with van der Waals surface area (Å²) in [6, 6.07) is 0.816. The fourth-order valence-electron chi connectivity index (χ4n) is 1.57. The van der Waals surface area contributed by atoms with Crippen molar-refractivity contribution in [2.75, 3.05) is 21.3 Å². The first-order valence-electron chi connectivity index (χ1n) is 5.81. The highest BCUT2D eigenvalue weighted by atomic mass is 28.4. The molecule has 0 rings (SSSR count). The zero-order chi connectivity index (χ0) is 12.4. The number of carbonyl (C=O) groups excluding carboxylic acids is 1. The van der Waals surface area contributed by atoms with Crippen molar-refractivity contribution in [3.8, 4) is 0 Å². The summed E-state index contributed by atoms with van der Waals surface area (Å²) in [5.74, 6) is 0.341. The van der Waals surface area contributed by atoms with Gasteiger partial charge < -0.3 is 13.3 Å². The van der Waals surface area contributed by atoms with Gasteiger partial charge in [0, 0.05) is 40.2 Å². The zero-order valence-electron chi connectivity index (χ0n) is 10.9. The molecular formula is C11H24O4Si. The third kappa shape index (κ3) is 5.74. The summed E-state index contributed by atoms with van der Waals surface area (Å²) in [5.41, 5.74) is 0. The van der Waals surface area contributed by atoms with E-state index in [0.29, 0.717) is 18.6 Å². The van der Waals surface area contributed by atoms with Crippen molar-refractivity contribution < 1.29 is 18.1 Å². The van der Waals surface area contributed by atoms with Crippen LogP contribution in [0.2, 0.25) is 6.04 Å². The van der Waals surface area contributed by atoms with Crippen molar-refractivity contribution in [1.82, 2.24) is 0 Å². The Labute approximate surface area is 99.6 Å². The van der Waals surface area contributed by atoms with Crippen LogP contribution in [0.5, 0.6) is 0 Å². The van der Waals surface area contributed by atoms with Crippen molar-refractivity contribution in [3.05, 3.63) is 0 Å². The van der Waals surface area contributed by atoms with Crippen LogP contribution in [0.1, 0.15) is 39.0 Å². The first-order chi connectivity index (χ1) is 7.64. The molecule has 0 heterocycles. The number of hydrogen-bond acceptors (Lipinski definition) is 4. The van der Waals surface area contributed by atoms with Crippen LogP contribution in [0.4, 0.5) is 0 Å². The van der Waals surface area contributed by atoms with Crippen molar-refractivity contribution in [3.63, 3.8) is 0 Å². The second-order valence-electron chi connectivity index (χ2n) is 3.75. The molecule has 0 aromatic rings. The highest BCUT2D eigenvalue weighted by Crippen LogP contribution is 2.17. The van der Waals surface area contributed by atoms with Crippen molar-refractivity contribution >= 4 is 14.6 Å². The zero-order valence-corrected chi connectivity index (χ0v) is 11.9. The molecule has 0 aliphatic rings. The highest BCUT2D eigenvalue weighted by molar-refractivity contribution is 6.60. The van der Waals surface area contributed by atoms with E-state index >= 15 is 0 Å². The molecule has 96 valence electrons. The molecule has 0 saturated heterocycles. The van der Waals surface area contributed by atoms with Gasteiger partial charge in [0.05, 0.1) is 0 Å². The standard InChI is InChI=1S/C11H24O4Si/c1-5-11(12)9-7-6-8-10-16(13-2,14-3)15-4/h5-10H2,1-4H3. The van der Waals surface area contributed by atoms with Gasteiger partial charge in [-0.05, 0) is 12.8 Å². The first kappa shape index (κ1) is 15.8. The molecule has 0 aromatic carbocycles. The number of rotatable bonds is 10. The fraction of sp³-hybridized carbons (Fsp3) is 0.909. The van der Waals surface area contributed by atoms with Gasteiger partial charge in [-0.1, -0.05) is 13.3 Å². The van der Waals surface area contributed by atoms with Crippen LogP contribution >= 0.6 is 0 Å². The number of ketones is 1. The number of Topliss-reactive ketones (excluding diaryl/α,β-unsaturated/α-hetero) is 1. The van der Waals surface area contributed by atoms with Crippen molar-refractivity contribution in [2.45, 2.75) is 45.1 Å². The minimum absolute atomic E-state index is 0.341. The molecule has 0 N–H and O–H groups in total. The predicted octanol–water partition coefficient (Wildman–Crippen LogP) is 2.40. The van der Waals surface area contributed by atoms with E-state index in [-0.39, 0.29) is 0 Å². The maximum Gasteiger partial charge on any atom is 0.500 e. The first-order valence-corrected chi connectivity index (χ1v) is 7.74. The van der Waals surface area contributed by atoms with Crippen LogP contribution in [0.3, 0.4) is 0 Å². The highest BCUT2D eigenvalue weighted by Gasteiger charge is 2.36. The molecular weight excluding hydrogens is 224 g/mol. The summed E-state index contributed by atoms with van der Waals surface area (Å²) in [4.78, 5) is 11.1. The minimum Gasteiger partial charge on any atom is -0.377 e. The second-order valence-corrected chi connectivity index (χ2v) is 6.84. The van der Waals surface area contributed by atoms with E-state index in [4.69, 9.17) is 13.3 Å². The Kier molecular flexibility index (Phi) is 8.74. The smallest absolute Gasteiger partial charge is 0.377 e. The molecule has 0 aliphatic carbocycles. The van der Waals surface area contributed by atoms with Gasteiger partial charge in [-0.3, -0.25) is 4.79 Å². The molecule has 0 aliphatic heterocycles. The molecule has 0 saturated carbocycles. The molecule has 5 heteroatoms. The third-order valence-electron chi connectivity index (χ3n) is 2.77. The predicted molar refractivity (Wildman–Crippen MR) is 65.4 cm³/mol. The van der Waals surface area contributed by atoms with Crippen LogP contribution in [0, 0.1) is 0 Å². The van der Waals surface area contributed by atoms with Gasteiger partial charge in [-0.2, -0.15) is 0 Å². The lowest BCUT2D eigenvalue weighted by Gasteiger charge is -2.24. The summed E-state index contributed by atoms with van der Waals surface area (Å²) < 4.78 is 15.9. The van der Waals surface area contributed by atoms with Crippen LogP contribution in [0.25, 0.3) is 0 Å². The van der Waals surface area contributed by atoms with E-state index in [1.807, 2.05) is 6.92 Å². The summed E-state index contributed by atoms with van der Waals surface area (Å²) >= 11 is 0. The lowest BCUT2D eigenvalue weighted by atomic mass is 10.1. The lowest BCUT2D eigenvalue weighted by molar-refractivity contribution is -0.118. The van der Waals surface area contributed by atoms with Gasteiger partial charge in [0.15, 0.2) is 0 Å². The monoisotopic (exact) mass is 248 g/mol. The summed E-state index contributed by atoms with van der Waals surface area (Å²) in [7, 11) is 2.49. The normalized spacial score (nSPS) is 11.8. The van der Waals surface area contributed by atoms with Crippen LogP contribution in [-0.4, -0.2) is 35.9 Å². The van der Waals surface area contributed by atoms with Crippen molar-refractivity contribution in [2.24, 2.45) is 0 Å². The van der Waals surface area contributed by atoms with E-state index in [0.717, 1.165) is 25.3 Å². The summed E-state index contributed by atoms with van der Waals surface area (Å²) in [6.07, 6.45) is 4.30. The van der Waals surface area contributed by atoms with E-state index in [9.17, 15) is 4.79 Å². The summed E-state index contributed by atoms with van der Waals surface area (Å²) in [5, 5.41) is 0. The maximum absolute atomic E-state index is 11.1. The Morgan fingerprint density at radius 2 is 1.56 bits per heavy atom. The Bertz CT molecular complexity index is 184. The largest absolute Gasteiger partial charge is 0.500 e. The van der Waals surface area contributed by atoms with E-state index in [2.05, 4.69) is 0 Å². The fourth-order valence-corrected chi connectivity index (χ4v) is 3.37. The van der Waals surface area contributed by atoms with Gasteiger partial charge in [-0.25, -0.2) is 0 Å². The molecule has 0 unspecified atom stereocenters. The molecule has 0 atom stereocenters. The maximum atomic E-state index is 11.1. The van der Waals surface area contributed by atoms with Gasteiger partial charge >= 0.3 is 8.80 Å². The SMILES string of the molecule is CCC(=O)CCCCC[Si](OC)(OC)OC. The average molecular weight is 248 g/mol. The third-order valence-corrected chi connectivity index (χ3v) is 5.60. The average Bonchev–Trinajstić information content (AvgIpc) is 2.34. The second kappa shape index (κ2) is 8.87. The Morgan fingerprint density at radius 1 is 1.00 bits per heavy atom. The molecule has 0 spiro atoms. The van der Waals surface area contributed by atoms with Gasteiger partial charge in [0.1, 0.15) is 5.78 Å².